The van der Waals surface area contributed by atoms with Crippen LogP contribution in [0.3, 0.4) is 0 Å². The maximum atomic E-state index is 12.6. The Labute approximate surface area is 125 Å². The molecule has 7 heteroatoms. The number of nitrogens with one attached hydrogen (secondary N) is 1. The van der Waals surface area contributed by atoms with E-state index in [1.165, 1.54) is 17.4 Å². The third-order valence-electron chi connectivity index (χ3n) is 2.32. The van der Waals surface area contributed by atoms with Crippen LogP contribution in [0, 0.1) is 0 Å². The SMILES string of the molecule is FC(F)(F)c1cc(Cl)cc(NCc2ccc(Br)s2)c1. The Morgan fingerprint density at radius 2 is 1.95 bits per heavy atom. The highest BCUT2D eigenvalue weighted by atomic mass is 79.9. The molecule has 2 aromatic rings. The van der Waals surface area contributed by atoms with Crippen LogP contribution in [-0.2, 0) is 12.7 Å². The fourth-order valence-corrected chi connectivity index (χ4v) is 3.15. The average molecular weight is 371 g/mol. The molecule has 0 saturated carbocycles. The molecule has 2 rings (SSSR count). The van der Waals surface area contributed by atoms with E-state index in [1.807, 2.05) is 12.1 Å². The molecule has 0 fully saturated rings. The quantitative estimate of drug-likeness (QED) is 0.720. The Balaban J connectivity index is 2.14. The highest BCUT2D eigenvalue weighted by Crippen LogP contribution is 2.33. The van der Waals surface area contributed by atoms with Crippen LogP contribution in [0.2, 0.25) is 5.02 Å². The van der Waals surface area contributed by atoms with Gasteiger partial charge in [0.25, 0.3) is 0 Å². The molecule has 0 saturated heterocycles. The topological polar surface area (TPSA) is 12.0 Å². The van der Waals surface area contributed by atoms with Crippen LogP contribution in [0.1, 0.15) is 10.4 Å². The Morgan fingerprint density at radius 1 is 1.21 bits per heavy atom. The maximum Gasteiger partial charge on any atom is 0.416 e. The monoisotopic (exact) mass is 369 g/mol. The number of benzene rings is 1. The maximum absolute atomic E-state index is 12.6. The predicted octanol–water partition coefficient (Wildman–Crippen LogP) is 5.79. The van der Waals surface area contributed by atoms with Gasteiger partial charge in [-0.15, -0.1) is 11.3 Å². The normalized spacial score (nSPS) is 11.6. The first kappa shape index (κ1) is 14.7. The van der Waals surface area contributed by atoms with Crippen molar-refractivity contribution in [2.24, 2.45) is 0 Å². The Morgan fingerprint density at radius 3 is 2.53 bits per heavy atom. The Bertz CT molecular complexity index is 583. The lowest BCUT2D eigenvalue weighted by Gasteiger charge is -2.11. The van der Waals surface area contributed by atoms with Gasteiger partial charge in [0.05, 0.1) is 9.35 Å². The lowest BCUT2D eigenvalue weighted by Crippen LogP contribution is -2.06. The van der Waals surface area contributed by atoms with E-state index in [2.05, 4.69) is 21.2 Å². The molecule has 0 aliphatic heterocycles. The summed E-state index contributed by atoms with van der Waals surface area (Å²) in [6.45, 7) is 0.452. The molecule has 1 aromatic heterocycles. The van der Waals surface area contributed by atoms with Crippen molar-refractivity contribution in [3.63, 3.8) is 0 Å². The standard InChI is InChI=1S/C12H8BrClF3NS/c13-11-2-1-10(19-11)6-18-9-4-7(12(15,16)17)3-8(14)5-9/h1-5,18H,6H2. The van der Waals surface area contributed by atoms with Crippen LogP contribution in [0.15, 0.2) is 34.1 Å². The third-order valence-corrected chi connectivity index (χ3v) is 4.16. The van der Waals surface area contributed by atoms with Gasteiger partial charge in [0, 0.05) is 22.1 Å². The predicted molar refractivity (Wildman–Crippen MR) is 75.8 cm³/mol. The zero-order valence-corrected chi connectivity index (χ0v) is 12.6. The van der Waals surface area contributed by atoms with E-state index in [1.54, 1.807) is 0 Å². The number of hydrogen-bond acceptors (Lipinski definition) is 2. The van der Waals surface area contributed by atoms with Crippen molar-refractivity contribution >= 4 is 44.6 Å². The zero-order chi connectivity index (χ0) is 14.0. The molecule has 1 nitrogen and oxygen atoms in total. The highest BCUT2D eigenvalue weighted by Gasteiger charge is 2.31. The minimum atomic E-state index is -4.40. The Hall–Kier alpha value is -0.720. The van der Waals surface area contributed by atoms with Gasteiger partial charge in [-0.25, -0.2) is 0 Å². The molecule has 0 aliphatic rings. The average Bonchev–Trinajstić information content (AvgIpc) is 2.71. The highest BCUT2D eigenvalue weighted by molar-refractivity contribution is 9.11. The van der Waals surface area contributed by atoms with Gasteiger partial charge in [-0.05, 0) is 46.3 Å². The van der Waals surface area contributed by atoms with Gasteiger partial charge < -0.3 is 5.32 Å². The molecule has 1 N–H and O–H groups in total. The summed E-state index contributed by atoms with van der Waals surface area (Å²) in [4.78, 5) is 1.01. The van der Waals surface area contributed by atoms with Crippen molar-refractivity contribution in [2.75, 3.05) is 5.32 Å². The van der Waals surface area contributed by atoms with E-state index < -0.39 is 11.7 Å². The van der Waals surface area contributed by atoms with Gasteiger partial charge in [0.15, 0.2) is 0 Å². The first-order valence-corrected chi connectivity index (χ1v) is 7.19. The van der Waals surface area contributed by atoms with Crippen LogP contribution in [-0.4, -0.2) is 0 Å². The van der Waals surface area contributed by atoms with Crippen molar-refractivity contribution in [1.29, 1.82) is 0 Å². The number of halogens is 5. The largest absolute Gasteiger partial charge is 0.416 e. The minimum Gasteiger partial charge on any atom is -0.380 e. The van der Waals surface area contributed by atoms with Crippen molar-refractivity contribution in [3.05, 3.63) is 49.6 Å². The van der Waals surface area contributed by atoms with Gasteiger partial charge in [0.1, 0.15) is 0 Å². The molecule has 1 heterocycles. The molecule has 0 amide bonds. The fraction of sp³-hybridized carbons (Fsp3) is 0.167. The van der Waals surface area contributed by atoms with Crippen LogP contribution in [0.5, 0.6) is 0 Å². The second-order valence-electron chi connectivity index (χ2n) is 3.79. The lowest BCUT2D eigenvalue weighted by atomic mass is 10.2. The number of rotatable bonds is 3. The second-order valence-corrected chi connectivity index (χ2v) is 6.77. The number of alkyl halides is 3. The summed E-state index contributed by atoms with van der Waals surface area (Å²) in [5, 5.41) is 2.99. The van der Waals surface area contributed by atoms with Crippen molar-refractivity contribution < 1.29 is 13.2 Å². The molecular formula is C12H8BrClF3NS. The van der Waals surface area contributed by atoms with Gasteiger partial charge in [-0.1, -0.05) is 11.6 Å². The van der Waals surface area contributed by atoms with E-state index in [4.69, 9.17) is 11.6 Å². The van der Waals surface area contributed by atoms with E-state index in [0.29, 0.717) is 12.2 Å². The van der Waals surface area contributed by atoms with E-state index >= 15 is 0 Å². The zero-order valence-electron chi connectivity index (χ0n) is 9.39. The number of anilines is 1. The van der Waals surface area contributed by atoms with Crippen LogP contribution < -0.4 is 5.32 Å². The summed E-state index contributed by atoms with van der Waals surface area (Å²) in [7, 11) is 0. The molecule has 0 spiro atoms. The van der Waals surface area contributed by atoms with Crippen LogP contribution >= 0.6 is 38.9 Å². The van der Waals surface area contributed by atoms with Gasteiger partial charge in [-0.2, -0.15) is 13.2 Å². The lowest BCUT2D eigenvalue weighted by molar-refractivity contribution is -0.137. The first-order valence-electron chi connectivity index (χ1n) is 5.20. The molecule has 102 valence electrons. The van der Waals surface area contributed by atoms with E-state index in [-0.39, 0.29) is 5.02 Å². The molecule has 19 heavy (non-hydrogen) atoms. The minimum absolute atomic E-state index is 0.0599. The first-order chi connectivity index (χ1) is 8.84. The van der Waals surface area contributed by atoms with Crippen LogP contribution in [0.25, 0.3) is 0 Å². The summed E-state index contributed by atoms with van der Waals surface area (Å²) in [6, 6.07) is 7.22. The third kappa shape index (κ3) is 4.12. The molecule has 0 atom stereocenters. The summed E-state index contributed by atoms with van der Waals surface area (Å²) < 4.78 is 38.8. The number of thiophene rings is 1. The number of hydrogen-bond donors (Lipinski definition) is 1. The molecule has 0 radical (unpaired) electrons. The second kappa shape index (κ2) is 5.73. The molecule has 0 bridgehead atoms. The van der Waals surface area contributed by atoms with Crippen molar-refractivity contribution in [3.8, 4) is 0 Å². The van der Waals surface area contributed by atoms with Gasteiger partial charge in [0.2, 0.25) is 0 Å². The Kier molecular flexibility index (Phi) is 4.43. The van der Waals surface area contributed by atoms with Crippen molar-refractivity contribution in [2.45, 2.75) is 12.7 Å². The summed E-state index contributed by atoms with van der Waals surface area (Å²) in [5.41, 5.74) is -0.404. The van der Waals surface area contributed by atoms with Gasteiger partial charge in [-0.3, -0.25) is 0 Å². The summed E-state index contributed by atoms with van der Waals surface area (Å²) in [5.74, 6) is 0. The van der Waals surface area contributed by atoms with Gasteiger partial charge >= 0.3 is 6.18 Å². The molecule has 0 aliphatic carbocycles. The smallest absolute Gasteiger partial charge is 0.380 e. The molecule has 1 aromatic carbocycles. The summed E-state index contributed by atoms with van der Waals surface area (Å²) >= 11 is 10.5. The van der Waals surface area contributed by atoms with Crippen molar-refractivity contribution in [1.82, 2.24) is 0 Å². The van der Waals surface area contributed by atoms with Crippen LogP contribution in [0.4, 0.5) is 18.9 Å². The fourth-order valence-electron chi connectivity index (χ4n) is 1.49. The molecular weight excluding hydrogens is 363 g/mol. The molecule has 0 unspecified atom stereocenters. The summed E-state index contributed by atoms with van der Waals surface area (Å²) in [6.07, 6.45) is -4.40. The van der Waals surface area contributed by atoms with E-state index in [0.717, 1.165) is 20.8 Å². The van der Waals surface area contributed by atoms with E-state index in [9.17, 15) is 13.2 Å².